The van der Waals surface area contributed by atoms with Crippen LogP contribution in [0.1, 0.15) is 23.1 Å². The Kier molecular flexibility index (Phi) is 4.95. The predicted octanol–water partition coefficient (Wildman–Crippen LogP) is 3.28. The van der Waals surface area contributed by atoms with Gasteiger partial charge in [-0.3, -0.25) is 9.78 Å². The average Bonchev–Trinajstić information content (AvgIpc) is 2.97. The molecular weight excluding hydrogens is 342 g/mol. The first-order valence-corrected chi connectivity index (χ1v) is 8.03. The van der Waals surface area contributed by atoms with E-state index >= 15 is 0 Å². The number of halogens is 1. The van der Waals surface area contributed by atoms with Gasteiger partial charge in [-0.15, -0.1) is 0 Å². The SMILES string of the molecule is CCOc1cncc(NC(=O)c2cc(C)n(-c3cccc(Cl)c3)n2)n1. The molecule has 3 rings (SSSR count). The molecule has 7 nitrogen and oxygen atoms in total. The number of benzene rings is 1. The molecule has 0 aliphatic rings. The number of amides is 1. The Morgan fingerprint density at radius 3 is 2.92 bits per heavy atom. The molecule has 0 atom stereocenters. The Labute approximate surface area is 149 Å². The third-order valence-electron chi connectivity index (χ3n) is 3.32. The van der Waals surface area contributed by atoms with E-state index in [2.05, 4.69) is 20.4 Å². The number of aryl methyl sites for hydroxylation is 1. The van der Waals surface area contributed by atoms with Crippen LogP contribution in [0.25, 0.3) is 5.69 Å². The number of ether oxygens (including phenoxy) is 1. The summed E-state index contributed by atoms with van der Waals surface area (Å²) >= 11 is 6.02. The Hall–Kier alpha value is -2.93. The molecule has 1 aromatic carbocycles. The lowest BCUT2D eigenvalue weighted by atomic mass is 10.3. The smallest absolute Gasteiger partial charge is 0.277 e. The van der Waals surface area contributed by atoms with E-state index in [-0.39, 0.29) is 11.6 Å². The quantitative estimate of drug-likeness (QED) is 0.757. The number of hydrogen-bond acceptors (Lipinski definition) is 5. The van der Waals surface area contributed by atoms with Crippen LogP contribution in [0, 0.1) is 6.92 Å². The summed E-state index contributed by atoms with van der Waals surface area (Å²) in [5, 5.41) is 7.61. The lowest BCUT2D eigenvalue weighted by Gasteiger charge is -2.05. The van der Waals surface area contributed by atoms with Crippen molar-refractivity contribution >= 4 is 23.3 Å². The van der Waals surface area contributed by atoms with E-state index in [1.807, 2.05) is 26.0 Å². The van der Waals surface area contributed by atoms with E-state index in [0.717, 1.165) is 11.4 Å². The maximum absolute atomic E-state index is 12.4. The average molecular weight is 358 g/mol. The zero-order chi connectivity index (χ0) is 17.8. The van der Waals surface area contributed by atoms with Crippen molar-refractivity contribution in [2.75, 3.05) is 11.9 Å². The van der Waals surface area contributed by atoms with E-state index in [4.69, 9.17) is 16.3 Å². The van der Waals surface area contributed by atoms with Gasteiger partial charge in [0.25, 0.3) is 5.91 Å². The standard InChI is InChI=1S/C17H16ClN5O2/c1-3-25-16-10-19-9-15(20-16)21-17(24)14-7-11(2)23(22-14)13-6-4-5-12(18)8-13/h4-10H,3H2,1-2H3,(H,20,21,24). The fourth-order valence-corrected chi connectivity index (χ4v) is 2.45. The molecule has 2 heterocycles. The van der Waals surface area contributed by atoms with E-state index in [1.54, 1.807) is 22.9 Å². The number of aromatic nitrogens is 4. The zero-order valence-corrected chi connectivity index (χ0v) is 14.5. The number of hydrogen-bond donors (Lipinski definition) is 1. The Morgan fingerprint density at radius 2 is 2.16 bits per heavy atom. The molecule has 8 heteroatoms. The fraction of sp³-hybridized carbons (Fsp3) is 0.176. The monoisotopic (exact) mass is 357 g/mol. The van der Waals surface area contributed by atoms with Gasteiger partial charge in [-0.05, 0) is 38.1 Å². The second kappa shape index (κ2) is 7.31. The summed E-state index contributed by atoms with van der Waals surface area (Å²) in [7, 11) is 0. The highest BCUT2D eigenvalue weighted by molar-refractivity contribution is 6.30. The van der Waals surface area contributed by atoms with Gasteiger partial charge < -0.3 is 10.1 Å². The molecule has 1 N–H and O–H groups in total. The van der Waals surface area contributed by atoms with Gasteiger partial charge in [-0.2, -0.15) is 10.1 Å². The van der Waals surface area contributed by atoms with Crippen molar-refractivity contribution in [2.24, 2.45) is 0 Å². The van der Waals surface area contributed by atoms with Crippen molar-refractivity contribution < 1.29 is 9.53 Å². The van der Waals surface area contributed by atoms with Gasteiger partial charge in [0.1, 0.15) is 0 Å². The van der Waals surface area contributed by atoms with Gasteiger partial charge in [0.15, 0.2) is 11.5 Å². The number of carbonyl (C=O) groups excluding carboxylic acids is 1. The Bertz CT molecular complexity index is 910. The Morgan fingerprint density at radius 1 is 1.32 bits per heavy atom. The lowest BCUT2D eigenvalue weighted by Crippen LogP contribution is -2.14. The van der Waals surface area contributed by atoms with Gasteiger partial charge in [-0.25, -0.2) is 4.68 Å². The van der Waals surface area contributed by atoms with Crippen LogP contribution < -0.4 is 10.1 Å². The molecule has 3 aromatic rings. The van der Waals surface area contributed by atoms with Crippen LogP contribution in [0.3, 0.4) is 0 Å². The molecule has 0 aliphatic heterocycles. The number of nitrogens with one attached hydrogen (secondary N) is 1. The fourth-order valence-electron chi connectivity index (χ4n) is 2.26. The van der Waals surface area contributed by atoms with Crippen LogP contribution in [0.5, 0.6) is 5.88 Å². The molecule has 25 heavy (non-hydrogen) atoms. The summed E-state index contributed by atoms with van der Waals surface area (Å²) in [4.78, 5) is 20.6. The van der Waals surface area contributed by atoms with Gasteiger partial charge in [-0.1, -0.05) is 17.7 Å². The van der Waals surface area contributed by atoms with E-state index in [0.29, 0.717) is 23.3 Å². The first-order chi connectivity index (χ1) is 12.1. The highest BCUT2D eigenvalue weighted by atomic mass is 35.5. The van der Waals surface area contributed by atoms with E-state index in [9.17, 15) is 4.79 Å². The van der Waals surface area contributed by atoms with Gasteiger partial charge in [0.2, 0.25) is 5.88 Å². The third kappa shape index (κ3) is 3.95. The summed E-state index contributed by atoms with van der Waals surface area (Å²) < 4.78 is 6.92. The molecule has 0 spiro atoms. The summed E-state index contributed by atoms with van der Waals surface area (Å²) in [5.41, 5.74) is 1.85. The summed E-state index contributed by atoms with van der Waals surface area (Å²) in [6, 6.07) is 8.94. The molecular formula is C17H16ClN5O2. The van der Waals surface area contributed by atoms with Crippen LogP contribution in [-0.2, 0) is 0 Å². The highest BCUT2D eigenvalue weighted by Crippen LogP contribution is 2.17. The molecule has 0 fully saturated rings. The first-order valence-electron chi connectivity index (χ1n) is 7.65. The third-order valence-corrected chi connectivity index (χ3v) is 3.55. The van der Waals surface area contributed by atoms with Crippen LogP contribution in [0.2, 0.25) is 5.02 Å². The number of anilines is 1. The summed E-state index contributed by atoms with van der Waals surface area (Å²) in [6.45, 7) is 4.17. The van der Waals surface area contributed by atoms with Gasteiger partial charge in [0, 0.05) is 10.7 Å². The van der Waals surface area contributed by atoms with Crippen molar-refractivity contribution in [2.45, 2.75) is 13.8 Å². The van der Waals surface area contributed by atoms with Crippen LogP contribution >= 0.6 is 11.6 Å². The van der Waals surface area contributed by atoms with E-state index < -0.39 is 0 Å². The van der Waals surface area contributed by atoms with Gasteiger partial charge >= 0.3 is 0 Å². The summed E-state index contributed by atoms with van der Waals surface area (Å²) in [6.07, 6.45) is 2.93. The van der Waals surface area contributed by atoms with Gasteiger partial charge in [0.05, 0.1) is 24.7 Å². The molecule has 0 saturated heterocycles. The Balaban J connectivity index is 1.81. The minimum Gasteiger partial charge on any atom is -0.477 e. The highest BCUT2D eigenvalue weighted by Gasteiger charge is 2.14. The second-order valence-corrected chi connectivity index (χ2v) is 5.63. The van der Waals surface area contributed by atoms with Crippen molar-refractivity contribution in [1.29, 1.82) is 0 Å². The van der Waals surface area contributed by atoms with Crippen molar-refractivity contribution in [3.63, 3.8) is 0 Å². The molecule has 0 bridgehead atoms. The molecule has 0 radical (unpaired) electrons. The maximum Gasteiger partial charge on any atom is 0.277 e. The van der Waals surface area contributed by atoms with Crippen LogP contribution in [-0.4, -0.2) is 32.3 Å². The second-order valence-electron chi connectivity index (χ2n) is 5.19. The molecule has 1 amide bonds. The predicted molar refractivity (Wildman–Crippen MR) is 94.5 cm³/mol. The number of nitrogens with zero attached hydrogens (tertiary/aromatic N) is 4. The normalized spacial score (nSPS) is 10.5. The first kappa shape index (κ1) is 16.9. The minimum absolute atomic E-state index is 0.265. The number of carbonyl (C=O) groups is 1. The largest absolute Gasteiger partial charge is 0.477 e. The molecule has 0 saturated carbocycles. The zero-order valence-electron chi connectivity index (χ0n) is 13.7. The van der Waals surface area contributed by atoms with Crippen molar-refractivity contribution in [1.82, 2.24) is 19.7 Å². The van der Waals surface area contributed by atoms with Crippen molar-refractivity contribution in [3.8, 4) is 11.6 Å². The number of rotatable bonds is 5. The molecule has 2 aromatic heterocycles. The maximum atomic E-state index is 12.4. The topological polar surface area (TPSA) is 81.9 Å². The summed E-state index contributed by atoms with van der Waals surface area (Å²) in [5.74, 6) is 0.263. The van der Waals surface area contributed by atoms with Crippen LogP contribution in [0.15, 0.2) is 42.7 Å². The van der Waals surface area contributed by atoms with Crippen LogP contribution in [0.4, 0.5) is 5.82 Å². The molecule has 0 aliphatic carbocycles. The lowest BCUT2D eigenvalue weighted by molar-refractivity contribution is 0.102. The van der Waals surface area contributed by atoms with Crippen molar-refractivity contribution in [3.05, 3.63) is 59.1 Å². The van der Waals surface area contributed by atoms with E-state index in [1.165, 1.54) is 12.4 Å². The molecule has 0 unspecified atom stereocenters. The molecule has 128 valence electrons. The minimum atomic E-state index is -0.383.